The van der Waals surface area contributed by atoms with Crippen LogP contribution in [0.5, 0.6) is 11.5 Å². The molecule has 0 saturated carbocycles. The zero-order valence-corrected chi connectivity index (χ0v) is 21.5. The van der Waals surface area contributed by atoms with E-state index in [0.717, 1.165) is 45.9 Å². The minimum absolute atomic E-state index is 0.0635. The summed E-state index contributed by atoms with van der Waals surface area (Å²) in [5.74, 6) is 1.45. The van der Waals surface area contributed by atoms with Crippen molar-refractivity contribution in [1.29, 1.82) is 0 Å². The summed E-state index contributed by atoms with van der Waals surface area (Å²) in [6.07, 6.45) is 0.733. The van der Waals surface area contributed by atoms with Crippen LogP contribution in [-0.2, 0) is 11.3 Å². The number of carbonyl (C=O) groups is 1. The second-order valence-electron chi connectivity index (χ2n) is 8.82. The van der Waals surface area contributed by atoms with E-state index in [1.54, 1.807) is 14.2 Å². The third kappa shape index (κ3) is 5.19. The molecule has 190 valence electrons. The Morgan fingerprint density at radius 1 is 0.946 bits per heavy atom. The van der Waals surface area contributed by atoms with Crippen molar-refractivity contribution >= 4 is 17.5 Å². The van der Waals surface area contributed by atoms with E-state index in [-0.39, 0.29) is 11.9 Å². The Morgan fingerprint density at radius 2 is 1.65 bits per heavy atom. The molecular weight excluding hydrogens is 490 g/mol. The molecule has 0 fully saturated rings. The molecule has 2 heterocycles. The topological polar surface area (TPSA) is 76.7 Å². The van der Waals surface area contributed by atoms with Gasteiger partial charge in [0.25, 0.3) is 5.91 Å². The number of ether oxygens (including phenoxy) is 3. The first-order valence-electron chi connectivity index (χ1n) is 12.1. The lowest BCUT2D eigenvalue weighted by molar-refractivity contribution is 0.0723. The van der Waals surface area contributed by atoms with Gasteiger partial charge in [-0.1, -0.05) is 35.9 Å². The average Bonchev–Trinajstić information content (AvgIpc) is 3.48. The molecule has 1 aromatic heterocycles. The molecule has 4 aromatic rings. The number of rotatable bonds is 10. The zero-order chi connectivity index (χ0) is 25.8. The van der Waals surface area contributed by atoms with Crippen molar-refractivity contribution in [1.82, 2.24) is 15.1 Å². The fourth-order valence-corrected chi connectivity index (χ4v) is 4.74. The summed E-state index contributed by atoms with van der Waals surface area (Å²) < 4.78 is 16.5. The second-order valence-corrected chi connectivity index (χ2v) is 9.26. The zero-order valence-electron chi connectivity index (χ0n) is 20.7. The van der Waals surface area contributed by atoms with Gasteiger partial charge in [-0.15, -0.1) is 0 Å². The SMILES string of the molecule is COCCCN1C(=O)c2[nH]nc(-c3ccc(OC)cc3)c2C1c1ccc(OCc2ccc(Cl)cc2)cc1. The van der Waals surface area contributed by atoms with Crippen LogP contribution in [0, 0.1) is 0 Å². The maximum atomic E-state index is 13.4. The van der Waals surface area contributed by atoms with Crippen LogP contribution in [0.1, 0.15) is 39.6 Å². The Balaban J connectivity index is 1.44. The van der Waals surface area contributed by atoms with Crippen molar-refractivity contribution in [2.75, 3.05) is 27.4 Å². The molecule has 0 radical (unpaired) electrons. The van der Waals surface area contributed by atoms with Crippen molar-refractivity contribution in [2.24, 2.45) is 0 Å². The van der Waals surface area contributed by atoms with Gasteiger partial charge in [-0.2, -0.15) is 5.10 Å². The summed E-state index contributed by atoms with van der Waals surface area (Å²) in [5, 5.41) is 8.23. The molecule has 1 atom stereocenters. The largest absolute Gasteiger partial charge is 0.497 e. The van der Waals surface area contributed by atoms with Crippen LogP contribution in [0.4, 0.5) is 0 Å². The fraction of sp³-hybridized carbons (Fsp3) is 0.241. The van der Waals surface area contributed by atoms with Gasteiger partial charge in [-0.05, 0) is 66.1 Å². The summed E-state index contributed by atoms with van der Waals surface area (Å²) in [7, 11) is 3.30. The van der Waals surface area contributed by atoms with Gasteiger partial charge in [-0.25, -0.2) is 0 Å². The number of carbonyl (C=O) groups excluding carboxylic acids is 1. The van der Waals surface area contributed by atoms with E-state index in [2.05, 4.69) is 10.2 Å². The molecule has 1 amide bonds. The minimum atomic E-state index is -0.277. The molecule has 1 unspecified atom stereocenters. The molecule has 3 aromatic carbocycles. The number of aromatic amines is 1. The van der Waals surface area contributed by atoms with E-state index in [9.17, 15) is 4.79 Å². The number of hydrogen-bond donors (Lipinski definition) is 1. The number of H-pyrrole nitrogens is 1. The maximum absolute atomic E-state index is 13.4. The summed E-state index contributed by atoms with van der Waals surface area (Å²) in [4.78, 5) is 15.3. The Bertz CT molecular complexity index is 1350. The summed E-state index contributed by atoms with van der Waals surface area (Å²) in [5.41, 5.74) is 5.09. The number of nitrogens with one attached hydrogen (secondary N) is 1. The van der Waals surface area contributed by atoms with Gasteiger partial charge in [0.15, 0.2) is 0 Å². The monoisotopic (exact) mass is 517 g/mol. The van der Waals surface area contributed by atoms with E-state index in [1.165, 1.54) is 0 Å². The van der Waals surface area contributed by atoms with Crippen LogP contribution in [0.25, 0.3) is 11.3 Å². The van der Waals surface area contributed by atoms with E-state index in [4.69, 9.17) is 25.8 Å². The van der Waals surface area contributed by atoms with Crippen molar-refractivity contribution in [3.8, 4) is 22.8 Å². The van der Waals surface area contributed by atoms with Crippen LogP contribution >= 0.6 is 11.6 Å². The Morgan fingerprint density at radius 3 is 2.32 bits per heavy atom. The lowest BCUT2D eigenvalue weighted by atomic mass is 9.96. The first kappa shape index (κ1) is 24.9. The van der Waals surface area contributed by atoms with E-state index < -0.39 is 0 Å². The number of fused-ring (bicyclic) bond motifs is 1. The van der Waals surface area contributed by atoms with E-state index in [1.807, 2.05) is 77.7 Å². The predicted molar refractivity (Wildman–Crippen MR) is 142 cm³/mol. The van der Waals surface area contributed by atoms with Gasteiger partial charge >= 0.3 is 0 Å². The lowest BCUT2D eigenvalue weighted by Gasteiger charge is -2.26. The van der Waals surface area contributed by atoms with Gasteiger partial charge in [0.1, 0.15) is 23.8 Å². The summed E-state index contributed by atoms with van der Waals surface area (Å²) >= 11 is 5.97. The minimum Gasteiger partial charge on any atom is -0.497 e. The summed E-state index contributed by atoms with van der Waals surface area (Å²) in [6.45, 7) is 1.58. The van der Waals surface area contributed by atoms with Gasteiger partial charge in [-0.3, -0.25) is 9.89 Å². The van der Waals surface area contributed by atoms with Crippen molar-refractivity contribution in [3.05, 3.63) is 100 Å². The number of halogens is 1. The van der Waals surface area contributed by atoms with Gasteiger partial charge < -0.3 is 19.1 Å². The normalized spacial score (nSPS) is 14.6. The molecule has 1 aliphatic heterocycles. The molecule has 0 bridgehead atoms. The van der Waals surface area contributed by atoms with E-state index >= 15 is 0 Å². The van der Waals surface area contributed by atoms with Crippen LogP contribution < -0.4 is 9.47 Å². The Hall–Kier alpha value is -3.81. The standard InChI is InChI=1S/C29H28ClN3O4/c1-35-17-3-16-33-28(21-8-14-24(15-9-21)37-18-19-4-10-22(30)11-5-19)25-26(31-32-27(25)29(33)34)20-6-12-23(36-2)13-7-20/h4-15,28H,3,16-18H2,1-2H3,(H,31,32). The number of aromatic nitrogens is 2. The molecule has 0 spiro atoms. The number of hydrogen-bond acceptors (Lipinski definition) is 5. The maximum Gasteiger partial charge on any atom is 0.273 e. The van der Waals surface area contributed by atoms with Crippen molar-refractivity contribution in [3.63, 3.8) is 0 Å². The van der Waals surface area contributed by atoms with Crippen molar-refractivity contribution in [2.45, 2.75) is 19.1 Å². The quantitative estimate of drug-likeness (QED) is 0.265. The molecule has 0 aliphatic carbocycles. The van der Waals surface area contributed by atoms with Crippen molar-refractivity contribution < 1.29 is 19.0 Å². The predicted octanol–water partition coefficient (Wildman–Crippen LogP) is 5.90. The molecule has 1 N–H and O–H groups in total. The molecular formula is C29H28ClN3O4. The first-order valence-corrected chi connectivity index (χ1v) is 12.5. The molecule has 5 rings (SSSR count). The second kappa shape index (κ2) is 11.1. The number of nitrogens with zero attached hydrogens (tertiary/aromatic N) is 2. The number of methoxy groups -OCH3 is 2. The van der Waals surface area contributed by atoms with Crippen LogP contribution in [0.3, 0.4) is 0 Å². The molecule has 37 heavy (non-hydrogen) atoms. The highest BCUT2D eigenvalue weighted by atomic mass is 35.5. The Labute approximate surface area is 220 Å². The van der Waals surface area contributed by atoms with Crippen LogP contribution in [0.2, 0.25) is 5.02 Å². The molecule has 8 heteroatoms. The van der Waals surface area contributed by atoms with E-state index in [0.29, 0.717) is 30.5 Å². The molecule has 7 nitrogen and oxygen atoms in total. The van der Waals surface area contributed by atoms with Gasteiger partial charge in [0, 0.05) is 36.4 Å². The lowest BCUT2D eigenvalue weighted by Crippen LogP contribution is -2.31. The smallest absolute Gasteiger partial charge is 0.273 e. The van der Waals surface area contributed by atoms with Gasteiger partial charge in [0.2, 0.25) is 0 Å². The average molecular weight is 518 g/mol. The van der Waals surface area contributed by atoms with Crippen LogP contribution in [-0.4, -0.2) is 48.4 Å². The molecule has 0 saturated heterocycles. The highest BCUT2D eigenvalue weighted by molar-refractivity contribution is 6.30. The first-order chi connectivity index (χ1) is 18.1. The number of amides is 1. The highest BCUT2D eigenvalue weighted by Crippen LogP contribution is 2.43. The fourth-order valence-electron chi connectivity index (χ4n) is 4.62. The molecule has 1 aliphatic rings. The number of benzene rings is 3. The van der Waals surface area contributed by atoms with Crippen LogP contribution in [0.15, 0.2) is 72.8 Å². The summed E-state index contributed by atoms with van der Waals surface area (Å²) in [6, 6.07) is 22.9. The highest BCUT2D eigenvalue weighted by Gasteiger charge is 2.41. The Kier molecular flexibility index (Phi) is 7.44. The third-order valence-corrected chi connectivity index (χ3v) is 6.74. The third-order valence-electron chi connectivity index (χ3n) is 6.49. The van der Waals surface area contributed by atoms with Gasteiger partial charge in [0.05, 0.1) is 18.8 Å².